The van der Waals surface area contributed by atoms with Crippen LogP contribution in [0.1, 0.15) is 19.3 Å². The summed E-state index contributed by atoms with van der Waals surface area (Å²) >= 11 is 0. The van der Waals surface area contributed by atoms with E-state index in [0.717, 1.165) is 12.8 Å². The van der Waals surface area contributed by atoms with Gasteiger partial charge in [0.2, 0.25) is 5.91 Å². The normalized spacial score (nSPS) is 21.4. The number of hydrogen-bond donors (Lipinski definition) is 2. The molecule has 1 amide bonds. The number of benzene rings is 1. The molecule has 0 spiro atoms. The molecule has 1 aromatic rings. The summed E-state index contributed by atoms with van der Waals surface area (Å²) in [5, 5.41) is 9.81. The molecule has 17 heavy (non-hydrogen) atoms. The number of rotatable bonds is 2. The van der Waals surface area contributed by atoms with Crippen LogP contribution in [-0.4, -0.2) is 24.1 Å². The van der Waals surface area contributed by atoms with Gasteiger partial charge < -0.3 is 15.7 Å². The molecule has 3 N–H and O–H groups in total. The predicted octanol–water partition coefficient (Wildman–Crippen LogP) is 1.48. The average molecular weight is 234 g/mol. The molecule has 0 saturated carbocycles. The smallest absolute Gasteiger partial charge is 0.227 e. The number of hydrogen-bond acceptors (Lipinski definition) is 3. The van der Waals surface area contributed by atoms with E-state index in [-0.39, 0.29) is 11.7 Å². The topological polar surface area (TPSA) is 66.6 Å². The molecule has 0 aliphatic carbocycles. The Morgan fingerprint density at radius 3 is 2.88 bits per heavy atom. The van der Waals surface area contributed by atoms with Gasteiger partial charge >= 0.3 is 0 Å². The highest BCUT2D eigenvalue weighted by atomic mass is 16.3. The van der Waals surface area contributed by atoms with E-state index < -0.39 is 0 Å². The lowest BCUT2D eigenvalue weighted by molar-refractivity contribution is -0.118. The fourth-order valence-corrected chi connectivity index (χ4v) is 2.25. The number of para-hydroxylation sites is 2. The highest BCUT2D eigenvalue weighted by molar-refractivity contribution is 5.95. The summed E-state index contributed by atoms with van der Waals surface area (Å²) in [5.74, 6) is 0.544. The molecule has 1 heterocycles. The molecule has 1 atom stereocenters. The molecule has 0 aromatic heterocycles. The van der Waals surface area contributed by atoms with Crippen LogP contribution >= 0.6 is 0 Å². The number of carbonyl (C=O) groups is 1. The van der Waals surface area contributed by atoms with Crippen LogP contribution in [0.2, 0.25) is 0 Å². The zero-order chi connectivity index (χ0) is 12.3. The molecule has 92 valence electrons. The minimum absolute atomic E-state index is 0.0717. The van der Waals surface area contributed by atoms with Crippen molar-refractivity contribution < 1.29 is 9.90 Å². The second kappa shape index (κ2) is 5.19. The second-order valence-corrected chi connectivity index (χ2v) is 4.49. The molecular weight excluding hydrogens is 216 g/mol. The lowest BCUT2D eigenvalue weighted by Gasteiger charge is -2.24. The third kappa shape index (κ3) is 2.58. The zero-order valence-electron chi connectivity index (χ0n) is 9.80. The first-order valence-corrected chi connectivity index (χ1v) is 6.01. The quantitative estimate of drug-likeness (QED) is 0.814. The predicted molar refractivity (Wildman–Crippen MR) is 66.9 cm³/mol. The van der Waals surface area contributed by atoms with Gasteiger partial charge in [0, 0.05) is 13.0 Å². The monoisotopic (exact) mass is 234 g/mol. The molecule has 1 aliphatic rings. The van der Waals surface area contributed by atoms with E-state index in [1.165, 1.54) is 0 Å². The van der Waals surface area contributed by atoms with Gasteiger partial charge in [0.05, 0.1) is 5.69 Å². The maximum absolute atomic E-state index is 12.0. The van der Waals surface area contributed by atoms with Crippen molar-refractivity contribution in [1.29, 1.82) is 0 Å². The molecule has 4 nitrogen and oxygen atoms in total. The highest BCUT2D eigenvalue weighted by Gasteiger charge is 2.25. The molecule has 1 fully saturated rings. The summed E-state index contributed by atoms with van der Waals surface area (Å²) in [7, 11) is 0. The minimum atomic E-state index is 0.0717. The molecule has 4 heteroatoms. The first-order valence-electron chi connectivity index (χ1n) is 6.01. The van der Waals surface area contributed by atoms with Crippen molar-refractivity contribution in [3.63, 3.8) is 0 Å². The van der Waals surface area contributed by atoms with Crippen LogP contribution in [0.3, 0.4) is 0 Å². The molecule has 1 aliphatic heterocycles. The molecule has 1 saturated heterocycles. The maximum atomic E-state index is 12.0. The van der Waals surface area contributed by atoms with Gasteiger partial charge in [0.1, 0.15) is 5.75 Å². The van der Waals surface area contributed by atoms with E-state index in [4.69, 9.17) is 5.73 Å². The van der Waals surface area contributed by atoms with Gasteiger partial charge in [-0.1, -0.05) is 12.1 Å². The van der Waals surface area contributed by atoms with Crippen molar-refractivity contribution in [2.24, 2.45) is 11.7 Å². The van der Waals surface area contributed by atoms with Crippen molar-refractivity contribution in [3.05, 3.63) is 24.3 Å². The summed E-state index contributed by atoms with van der Waals surface area (Å²) in [5.41, 5.74) is 6.29. The summed E-state index contributed by atoms with van der Waals surface area (Å²) in [6, 6.07) is 6.95. The van der Waals surface area contributed by atoms with Crippen LogP contribution in [0, 0.1) is 5.92 Å². The summed E-state index contributed by atoms with van der Waals surface area (Å²) < 4.78 is 0. The third-order valence-corrected chi connectivity index (χ3v) is 3.25. The fourth-order valence-electron chi connectivity index (χ4n) is 2.25. The number of amides is 1. The highest BCUT2D eigenvalue weighted by Crippen LogP contribution is 2.30. The summed E-state index contributed by atoms with van der Waals surface area (Å²) in [4.78, 5) is 13.7. The second-order valence-electron chi connectivity index (χ2n) is 4.49. The van der Waals surface area contributed by atoms with E-state index in [0.29, 0.717) is 31.1 Å². The van der Waals surface area contributed by atoms with Crippen LogP contribution in [0.4, 0.5) is 5.69 Å². The van der Waals surface area contributed by atoms with Gasteiger partial charge in [-0.2, -0.15) is 0 Å². The lowest BCUT2D eigenvalue weighted by atomic mass is 10.0. The van der Waals surface area contributed by atoms with Crippen LogP contribution in [0.25, 0.3) is 0 Å². The number of aromatic hydroxyl groups is 1. The van der Waals surface area contributed by atoms with E-state index in [2.05, 4.69) is 0 Å². The molecular formula is C13H18N2O2. The van der Waals surface area contributed by atoms with Crippen LogP contribution in [0.15, 0.2) is 24.3 Å². The molecule has 0 radical (unpaired) electrons. The standard InChI is InChI=1S/C13H18N2O2/c14-8-10-4-3-7-13(17)15(9-10)11-5-1-2-6-12(11)16/h1-2,5-6,10,16H,3-4,7-9,14H2. The Balaban J connectivity index is 2.28. The van der Waals surface area contributed by atoms with Crippen molar-refractivity contribution in [3.8, 4) is 5.75 Å². The van der Waals surface area contributed by atoms with Crippen LogP contribution in [-0.2, 0) is 4.79 Å². The Morgan fingerprint density at radius 1 is 1.41 bits per heavy atom. The number of carbonyl (C=O) groups excluding carboxylic acids is 1. The SMILES string of the molecule is NCC1CCCC(=O)N(c2ccccc2O)C1. The zero-order valence-corrected chi connectivity index (χ0v) is 9.80. The average Bonchev–Trinajstić information content (AvgIpc) is 2.52. The summed E-state index contributed by atoms with van der Waals surface area (Å²) in [6.45, 7) is 1.18. The number of phenolic OH excluding ortho intramolecular Hbond substituents is 1. The Labute approximate surface area is 101 Å². The first-order chi connectivity index (χ1) is 8.22. The van der Waals surface area contributed by atoms with Crippen molar-refractivity contribution >= 4 is 11.6 Å². The van der Waals surface area contributed by atoms with E-state index >= 15 is 0 Å². The van der Waals surface area contributed by atoms with E-state index in [9.17, 15) is 9.90 Å². The van der Waals surface area contributed by atoms with E-state index in [1.54, 1.807) is 23.1 Å². The van der Waals surface area contributed by atoms with E-state index in [1.807, 2.05) is 6.07 Å². The Morgan fingerprint density at radius 2 is 2.18 bits per heavy atom. The van der Waals surface area contributed by atoms with Crippen LogP contribution in [0.5, 0.6) is 5.75 Å². The molecule has 0 bridgehead atoms. The van der Waals surface area contributed by atoms with Crippen molar-refractivity contribution in [2.45, 2.75) is 19.3 Å². The number of phenols is 1. The Kier molecular flexibility index (Phi) is 3.64. The largest absolute Gasteiger partial charge is 0.506 e. The molecule has 2 rings (SSSR count). The third-order valence-electron chi connectivity index (χ3n) is 3.25. The number of anilines is 1. The van der Waals surface area contributed by atoms with Gasteiger partial charge in [-0.15, -0.1) is 0 Å². The molecule has 1 aromatic carbocycles. The number of nitrogens with zero attached hydrogens (tertiary/aromatic N) is 1. The lowest BCUT2D eigenvalue weighted by Crippen LogP contribution is -2.35. The van der Waals surface area contributed by atoms with Gasteiger partial charge in [-0.3, -0.25) is 4.79 Å². The summed E-state index contributed by atoms with van der Waals surface area (Å²) in [6.07, 6.45) is 2.39. The van der Waals surface area contributed by atoms with Gasteiger partial charge in [0.25, 0.3) is 0 Å². The fraction of sp³-hybridized carbons (Fsp3) is 0.462. The number of nitrogens with two attached hydrogens (primary N) is 1. The Hall–Kier alpha value is -1.55. The maximum Gasteiger partial charge on any atom is 0.227 e. The van der Waals surface area contributed by atoms with Crippen molar-refractivity contribution in [1.82, 2.24) is 0 Å². The molecule has 1 unspecified atom stereocenters. The van der Waals surface area contributed by atoms with Crippen LogP contribution < -0.4 is 10.6 Å². The Bertz CT molecular complexity index is 406. The van der Waals surface area contributed by atoms with Crippen molar-refractivity contribution in [2.75, 3.05) is 18.0 Å². The van der Waals surface area contributed by atoms with Gasteiger partial charge in [-0.25, -0.2) is 0 Å². The van der Waals surface area contributed by atoms with Gasteiger partial charge in [0.15, 0.2) is 0 Å². The minimum Gasteiger partial charge on any atom is -0.506 e. The first kappa shape index (κ1) is 11.9. The van der Waals surface area contributed by atoms with Gasteiger partial charge in [-0.05, 0) is 37.4 Å².